The van der Waals surface area contributed by atoms with Gasteiger partial charge in [-0.05, 0) is 42.5 Å². The lowest BCUT2D eigenvalue weighted by Gasteiger charge is -2.32. The monoisotopic (exact) mass is 494 g/mol. The van der Waals surface area contributed by atoms with Gasteiger partial charge < -0.3 is 24.6 Å². The van der Waals surface area contributed by atoms with Crippen LogP contribution in [-0.2, 0) is 29.0 Å². The number of carbonyl (C=O) groups excluding carboxylic acids is 1. The highest BCUT2D eigenvalue weighted by molar-refractivity contribution is 5.84. The predicted molar refractivity (Wildman–Crippen MR) is 121 cm³/mol. The van der Waals surface area contributed by atoms with E-state index >= 15 is 0 Å². The molecule has 1 unspecified atom stereocenters. The van der Waals surface area contributed by atoms with Crippen molar-refractivity contribution in [2.45, 2.75) is 57.8 Å². The Bertz CT molecular complexity index is 1060. The molecule has 3 heterocycles. The number of hydrogen-bond acceptors (Lipinski definition) is 5. The maximum atomic E-state index is 13.4. The number of carboxylic acids is 1. The Balaban J connectivity index is 1.54. The van der Waals surface area contributed by atoms with E-state index in [0.29, 0.717) is 29.9 Å². The molecule has 2 atom stereocenters. The van der Waals surface area contributed by atoms with Crippen LogP contribution in [0.3, 0.4) is 0 Å². The number of alkyl halides is 3. The van der Waals surface area contributed by atoms with Gasteiger partial charge in [-0.3, -0.25) is 9.59 Å². The van der Waals surface area contributed by atoms with Crippen LogP contribution < -0.4 is 10.1 Å². The van der Waals surface area contributed by atoms with Crippen molar-refractivity contribution in [1.29, 1.82) is 0 Å². The summed E-state index contributed by atoms with van der Waals surface area (Å²) in [5, 5.41) is 12.5. The first kappa shape index (κ1) is 24.9. The highest BCUT2D eigenvalue weighted by Crippen LogP contribution is 2.38. The number of amides is 1. The molecule has 8 nitrogen and oxygen atoms in total. The third-order valence-electron chi connectivity index (χ3n) is 6.42. The van der Waals surface area contributed by atoms with E-state index in [1.165, 1.54) is 0 Å². The number of ether oxygens (including phenoxy) is 1. The fraction of sp³-hybridized carbons (Fsp3) is 0.542. The minimum absolute atomic E-state index is 0.0683. The molecule has 1 aromatic heterocycles. The molecule has 2 aliphatic rings. The van der Waals surface area contributed by atoms with Crippen LogP contribution in [0.25, 0.3) is 0 Å². The van der Waals surface area contributed by atoms with Gasteiger partial charge in [0, 0.05) is 25.7 Å². The van der Waals surface area contributed by atoms with E-state index in [9.17, 15) is 27.9 Å². The number of fused-ring (bicyclic) bond motifs is 2. The second kappa shape index (κ2) is 10.2. The molecule has 0 aliphatic carbocycles. The van der Waals surface area contributed by atoms with Gasteiger partial charge in [0.05, 0.1) is 30.7 Å². The molecule has 0 radical (unpaired) electrons. The van der Waals surface area contributed by atoms with Crippen LogP contribution >= 0.6 is 0 Å². The van der Waals surface area contributed by atoms with Crippen molar-refractivity contribution in [3.63, 3.8) is 0 Å². The highest BCUT2D eigenvalue weighted by Gasteiger charge is 2.42. The van der Waals surface area contributed by atoms with Gasteiger partial charge in [0.1, 0.15) is 12.3 Å². The zero-order valence-corrected chi connectivity index (χ0v) is 19.5. The number of imidazole rings is 1. The number of hydrogen-bond donors (Lipinski definition) is 2. The van der Waals surface area contributed by atoms with Crippen molar-refractivity contribution >= 4 is 17.8 Å². The molecule has 2 aliphatic heterocycles. The van der Waals surface area contributed by atoms with Crippen LogP contribution in [-0.4, -0.2) is 57.3 Å². The molecular formula is C24H29F3N4O4. The minimum Gasteiger partial charge on any atom is -0.493 e. The maximum absolute atomic E-state index is 13.4. The SMILES string of the molecule is CCC1c2cc(OCCc3cn4c(n3)NCCC4)ccc2C[C@@H](CC(=O)O)C(=O)N1CC(F)(F)F. The molecule has 0 bridgehead atoms. The first-order chi connectivity index (χ1) is 16.6. The van der Waals surface area contributed by atoms with E-state index in [4.69, 9.17) is 4.74 Å². The summed E-state index contributed by atoms with van der Waals surface area (Å²) in [6.07, 6.45) is -1.22. The minimum atomic E-state index is -4.60. The van der Waals surface area contributed by atoms with E-state index in [1.807, 2.05) is 6.20 Å². The van der Waals surface area contributed by atoms with Crippen molar-refractivity contribution < 1.29 is 32.6 Å². The summed E-state index contributed by atoms with van der Waals surface area (Å²) in [6, 6.07) is 4.30. The van der Waals surface area contributed by atoms with Crippen LogP contribution in [0.5, 0.6) is 5.75 Å². The number of rotatable bonds is 8. The lowest BCUT2D eigenvalue weighted by atomic mass is 9.92. The second-order valence-corrected chi connectivity index (χ2v) is 8.99. The van der Waals surface area contributed by atoms with Gasteiger partial charge in [-0.25, -0.2) is 4.98 Å². The Labute approximate surface area is 201 Å². The van der Waals surface area contributed by atoms with Gasteiger partial charge in [0.15, 0.2) is 0 Å². The van der Waals surface area contributed by atoms with Gasteiger partial charge in [0.25, 0.3) is 0 Å². The summed E-state index contributed by atoms with van der Waals surface area (Å²) in [5.74, 6) is -1.74. The fourth-order valence-electron chi connectivity index (χ4n) is 4.88. The van der Waals surface area contributed by atoms with Gasteiger partial charge in [-0.1, -0.05) is 13.0 Å². The van der Waals surface area contributed by atoms with Crippen LogP contribution in [0.1, 0.15) is 49.0 Å². The Morgan fingerprint density at radius 2 is 2.14 bits per heavy atom. The van der Waals surface area contributed by atoms with Crippen LogP contribution in [0, 0.1) is 5.92 Å². The number of anilines is 1. The number of carbonyl (C=O) groups is 2. The van der Waals surface area contributed by atoms with E-state index in [0.717, 1.165) is 36.1 Å². The molecule has 0 spiro atoms. The number of nitrogens with one attached hydrogen (secondary N) is 1. The summed E-state index contributed by atoms with van der Waals surface area (Å²) in [7, 11) is 0. The largest absolute Gasteiger partial charge is 0.493 e. The van der Waals surface area contributed by atoms with Crippen molar-refractivity contribution in [1.82, 2.24) is 14.5 Å². The van der Waals surface area contributed by atoms with Gasteiger partial charge in [-0.15, -0.1) is 0 Å². The van der Waals surface area contributed by atoms with Crippen LogP contribution in [0.2, 0.25) is 0 Å². The lowest BCUT2D eigenvalue weighted by Crippen LogP contribution is -2.43. The maximum Gasteiger partial charge on any atom is 0.406 e. The molecule has 0 saturated heterocycles. The molecular weight excluding hydrogens is 465 g/mol. The van der Waals surface area contributed by atoms with E-state index in [-0.39, 0.29) is 12.8 Å². The summed E-state index contributed by atoms with van der Waals surface area (Å²) in [6.45, 7) is 2.42. The van der Waals surface area contributed by atoms with E-state index in [1.54, 1.807) is 25.1 Å². The van der Waals surface area contributed by atoms with Crippen LogP contribution in [0.15, 0.2) is 24.4 Å². The van der Waals surface area contributed by atoms with Crippen molar-refractivity contribution in [2.75, 3.05) is 25.0 Å². The quantitative estimate of drug-likeness (QED) is 0.580. The Kier molecular flexibility index (Phi) is 7.23. The number of carboxylic acid groups (broad SMARTS) is 1. The Morgan fingerprint density at radius 1 is 1.34 bits per heavy atom. The standard InChI is InChI=1S/C24H29F3N4O4/c1-2-20-19-12-18(35-9-6-17-13-30-8-3-7-28-23(30)29-17)5-4-15(19)10-16(11-21(32)33)22(34)31(20)14-24(25,26)27/h4-5,12-13,16,20H,2-3,6-11,14H2,1H3,(H,28,29)(H,32,33)/t16-,20?/m0/s1. The van der Waals surface area contributed by atoms with Gasteiger partial charge in [0.2, 0.25) is 11.9 Å². The van der Waals surface area contributed by atoms with Crippen LogP contribution in [0.4, 0.5) is 19.1 Å². The summed E-state index contributed by atoms with van der Waals surface area (Å²) >= 11 is 0. The lowest BCUT2D eigenvalue weighted by molar-refractivity contribution is -0.169. The van der Waals surface area contributed by atoms with Gasteiger partial charge in [-0.2, -0.15) is 13.2 Å². The third-order valence-corrected chi connectivity index (χ3v) is 6.42. The molecule has 0 saturated carbocycles. The molecule has 1 amide bonds. The predicted octanol–water partition coefficient (Wildman–Crippen LogP) is 3.81. The molecule has 35 heavy (non-hydrogen) atoms. The first-order valence-electron chi connectivity index (χ1n) is 11.8. The number of aromatic nitrogens is 2. The zero-order chi connectivity index (χ0) is 25.2. The van der Waals surface area contributed by atoms with E-state index < -0.39 is 43.0 Å². The topological polar surface area (TPSA) is 96.7 Å². The average molecular weight is 495 g/mol. The highest BCUT2D eigenvalue weighted by atomic mass is 19.4. The second-order valence-electron chi connectivity index (χ2n) is 8.99. The zero-order valence-electron chi connectivity index (χ0n) is 19.5. The molecule has 11 heteroatoms. The first-order valence-corrected chi connectivity index (χ1v) is 11.8. The van der Waals surface area contributed by atoms with Crippen molar-refractivity contribution in [3.05, 3.63) is 41.2 Å². The number of aryl methyl sites for hydroxylation is 1. The normalized spacial score (nSPS) is 20.0. The summed E-state index contributed by atoms with van der Waals surface area (Å²) in [5.41, 5.74) is 2.12. The fourth-order valence-corrected chi connectivity index (χ4v) is 4.88. The smallest absolute Gasteiger partial charge is 0.406 e. The molecule has 2 N–H and O–H groups in total. The molecule has 4 rings (SSSR count). The molecule has 2 aromatic rings. The number of aliphatic carboxylic acids is 1. The number of benzene rings is 1. The summed E-state index contributed by atoms with van der Waals surface area (Å²) < 4.78 is 48.1. The Morgan fingerprint density at radius 3 is 2.83 bits per heavy atom. The number of halogens is 3. The molecule has 0 fully saturated rings. The number of nitrogens with zero attached hydrogens (tertiary/aromatic N) is 3. The van der Waals surface area contributed by atoms with Gasteiger partial charge >= 0.3 is 12.1 Å². The third kappa shape index (κ3) is 5.88. The van der Waals surface area contributed by atoms with Crippen molar-refractivity contribution in [3.8, 4) is 5.75 Å². The summed E-state index contributed by atoms with van der Waals surface area (Å²) in [4.78, 5) is 29.7. The van der Waals surface area contributed by atoms with E-state index in [2.05, 4.69) is 14.9 Å². The molecule has 1 aromatic carbocycles. The molecule has 190 valence electrons. The Hall–Kier alpha value is -3.24. The average Bonchev–Trinajstić information content (AvgIpc) is 3.17. The van der Waals surface area contributed by atoms with Crippen molar-refractivity contribution in [2.24, 2.45) is 5.92 Å².